The molecule has 3 rings (SSSR count). The molecule has 0 bridgehead atoms. The normalized spacial score (nSPS) is 21.7. The van der Waals surface area contributed by atoms with Crippen LogP contribution in [0.1, 0.15) is 51.2 Å². The van der Waals surface area contributed by atoms with Crippen molar-refractivity contribution in [1.29, 1.82) is 0 Å². The molecular formula is C20H26O. The molecule has 2 aliphatic carbocycles. The van der Waals surface area contributed by atoms with Crippen molar-refractivity contribution in [3.05, 3.63) is 53.1 Å². The van der Waals surface area contributed by atoms with Gasteiger partial charge in [0.05, 0.1) is 0 Å². The Morgan fingerprint density at radius 1 is 1.10 bits per heavy atom. The third-order valence-corrected chi connectivity index (χ3v) is 4.33. The SMILES string of the molecule is CC(C)(C)Oc1ccc2c(c1)CC[C@@H](C1=CCCC=C1)C2. The minimum atomic E-state index is -0.122. The van der Waals surface area contributed by atoms with Crippen LogP contribution >= 0.6 is 0 Å². The van der Waals surface area contributed by atoms with Crippen LogP contribution in [0.2, 0.25) is 0 Å². The van der Waals surface area contributed by atoms with E-state index in [1.165, 1.54) is 43.2 Å². The summed E-state index contributed by atoms with van der Waals surface area (Å²) in [5, 5.41) is 0. The van der Waals surface area contributed by atoms with E-state index >= 15 is 0 Å². The number of fused-ring (bicyclic) bond motifs is 1. The fourth-order valence-electron chi connectivity index (χ4n) is 3.37. The highest BCUT2D eigenvalue weighted by molar-refractivity contribution is 5.40. The van der Waals surface area contributed by atoms with Gasteiger partial charge in [0.25, 0.3) is 0 Å². The molecule has 21 heavy (non-hydrogen) atoms. The molecule has 0 saturated carbocycles. The van der Waals surface area contributed by atoms with Gasteiger partial charge in [-0.05, 0) is 87.6 Å². The van der Waals surface area contributed by atoms with E-state index in [2.05, 4.69) is 57.2 Å². The topological polar surface area (TPSA) is 9.23 Å². The van der Waals surface area contributed by atoms with Gasteiger partial charge in [0.1, 0.15) is 11.4 Å². The second-order valence-corrected chi connectivity index (χ2v) is 7.27. The molecule has 0 heterocycles. The highest BCUT2D eigenvalue weighted by Crippen LogP contribution is 2.34. The molecule has 1 atom stereocenters. The zero-order valence-corrected chi connectivity index (χ0v) is 13.5. The molecule has 0 N–H and O–H groups in total. The lowest BCUT2D eigenvalue weighted by molar-refractivity contribution is 0.130. The zero-order valence-electron chi connectivity index (χ0n) is 13.5. The predicted octanol–water partition coefficient (Wildman–Crippen LogP) is 5.25. The van der Waals surface area contributed by atoms with Crippen LogP contribution in [-0.2, 0) is 12.8 Å². The number of allylic oxidation sites excluding steroid dienone is 4. The Morgan fingerprint density at radius 3 is 2.67 bits per heavy atom. The molecule has 1 aromatic rings. The maximum absolute atomic E-state index is 5.99. The largest absolute Gasteiger partial charge is 0.488 e. The zero-order chi connectivity index (χ0) is 14.9. The average molecular weight is 282 g/mol. The van der Waals surface area contributed by atoms with Gasteiger partial charge in [-0.2, -0.15) is 0 Å². The summed E-state index contributed by atoms with van der Waals surface area (Å²) in [5.41, 5.74) is 4.42. The van der Waals surface area contributed by atoms with Crippen molar-refractivity contribution in [2.24, 2.45) is 5.92 Å². The lowest BCUT2D eigenvalue weighted by Crippen LogP contribution is -2.23. The van der Waals surface area contributed by atoms with E-state index in [1.807, 2.05) is 0 Å². The van der Waals surface area contributed by atoms with Gasteiger partial charge in [-0.25, -0.2) is 0 Å². The summed E-state index contributed by atoms with van der Waals surface area (Å²) in [6.45, 7) is 6.30. The van der Waals surface area contributed by atoms with Crippen molar-refractivity contribution in [3.8, 4) is 5.75 Å². The lowest BCUT2D eigenvalue weighted by Gasteiger charge is -2.28. The molecule has 1 nitrogen and oxygen atoms in total. The smallest absolute Gasteiger partial charge is 0.120 e. The Hall–Kier alpha value is -1.50. The molecule has 0 saturated heterocycles. The minimum absolute atomic E-state index is 0.122. The lowest BCUT2D eigenvalue weighted by atomic mass is 9.78. The summed E-state index contributed by atoms with van der Waals surface area (Å²) in [4.78, 5) is 0. The maximum Gasteiger partial charge on any atom is 0.120 e. The van der Waals surface area contributed by atoms with Gasteiger partial charge < -0.3 is 4.74 Å². The summed E-state index contributed by atoms with van der Waals surface area (Å²) >= 11 is 0. The number of hydrogen-bond donors (Lipinski definition) is 0. The first-order chi connectivity index (χ1) is 10.0. The van der Waals surface area contributed by atoms with Crippen LogP contribution in [-0.4, -0.2) is 5.60 Å². The maximum atomic E-state index is 5.99. The van der Waals surface area contributed by atoms with E-state index in [9.17, 15) is 0 Å². The highest BCUT2D eigenvalue weighted by Gasteiger charge is 2.22. The molecule has 0 radical (unpaired) electrons. The van der Waals surface area contributed by atoms with Gasteiger partial charge in [0.15, 0.2) is 0 Å². The Balaban J connectivity index is 1.75. The number of rotatable bonds is 2. The molecule has 0 aromatic heterocycles. The van der Waals surface area contributed by atoms with Crippen LogP contribution in [0.4, 0.5) is 0 Å². The molecule has 0 unspecified atom stereocenters. The fourth-order valence-corrected chi connectivity index (χ4v) is 3.37. The van der Waals surface area contributed by atoms with Gasteiger partial charge in [0, 0.05) is 0 Å². The average Bonchev–Trinajstić information content (AvgIpc) is 2.46. The van der Waals surface area contributed by atoms with E-state index in [0.717, 1.165) is 5.75 Å². The van der Waals surface area contributed by atoms with Crippen molar-refractivity contribution in [2.75, 3.05) is 0 Å². The Kier molecular flexibility index (Phi) is 3.93. The first-order valence-corrected chi connectivity index (χ1v) is 8.19. The molecule has 1 aromatic carbocycles. The molecule has 0 fully saturated rings. The third-order valence-electron chi connectivity index (χ3n) is 4.33. The van der Waals surface area contributed by atoms with Crippen molar-refractivity contribution in [1.82, 2.24) is 0 Å². The second-order valence-electron chi connectivity index (χ2n) is 7.27. The first kappa shape index (κ1) is 14.4. The van der Waals surface area contributed by atoms with Crippen molar-refractivity contribution in [2.45, 2.75) is 58.5 Å². The molecular weight excluding hydrogens is 256 g/mol. The van der Waals surface area contributed by atoms with Gasteiger partial charge >= 0.3 is 0 Å². The van der Waals surface area contributed by atoms with Crippen LogP contribution in [0.25, 0.3) is 0 Å². The summed E-state index contributed by atoms with van der Waals surface area (Å²) in [6, 6.07) is 6.66. The number of hydrogen-bond acceptors (Lipinski definition) is 1. The van der Waals surface area contributed by atoms with Crippen molar-refractivity contribution in [3.63, 3.8) is 0 Å². The van der Waals surface area contributed by atoms with Crippen LogP contribution < -0.4 is 4.74 Å². The van der Waals surface area contributed by atoms with Crippen LogP contribution in [0.5, 0.6) is 5.75 Å². The molecule has 0 spiro atoms. The highest BCUT2D eigenvalue weighted by atomic mass is 16.5. The Morgan fingerprint density at radius 2 is 1.95 bits per heavy atom. The van der Waals surface area contributed by atoms with Gasteiger partial charge in [0.2, 0.25) is 0 Å². The summed E-state index contributed by atoms with van der Waals surface area (Å²) in [6.07, 6.45) is 13.2. The van der Waals surface area contributed by atoms with Crippen molar-refractivity contribution >= 4 is 0 Å². The monoisotopic (exact) mass is 282 g/mol. The predicted molar refractivity (Wildman–Crippen MR) is 88.8 cm³/mol. The van der Waals surface area contributed by atoms with E-state index < -0.39 is 0 Å². The molecule has 1 heteroatoms. The third kappa shape index (κ3) is 3.58. The van der Waals surface area contributed by atoms with E-state index in [-0.39, 0.29) is 5.60 Å². The Bertz CT molecular complexity index is 572. The number of ether oxygens (including phenoxy) is 1. The number of aryl methyl sites for hydroxylation is 1. The van der Waals surface area contributed by atoms with E-state index in [1.54, 1.807) is 5.57 Å². The quantitative estimate of drug-likeness (QED) is 0.720. The van der Waals surface area contributed by atoms with Gasteiger partial charge in [-0.1, -0.05) is 24.3 Å². The minimum Gasteiger partial charge on any atom is -0.488 e. The standard InChI is InChI=1S/C20H26O/c1-20(2,3)21-19-12-11-17-13-16(9-10-18(17)14-19)15-7-5-4-6-8-15/h5,7-8,11-12,14,16H,4,6,9-10,13H2,1-3H3/t16-/m1/s1. The van der Waals surface area contributed by atoms with E-state index in [0.29, 0.717) is 5.92 Å². The van der Waals surface area contributed by atoms with Crippen LogP contribution in [0, 0.1) is 5.92 Å². The van der Waals surface area contributed by atoms with E-state index in [4.69, 9.17) is 4.74 Å². The van der Waals surface area contributed by atoms with Crippen LogP contribution in [0.3, 0.4) is 0 Å². The summed E-state index contributed by atoms with van der Waals surface area (Å²) in [7, 11) is 0. The molecule has 0 aliphatic heterocycles. The van der Waals surface area contributed by atoms with Gasteiger partial charge in [-0.15, -0.1) is 0 Å². The van der Waals surface area contributed by atoms with Crippen LogP contribution in [0.15, 0.2) is 42.0 Å². The summed E-state index contributed by atoms with van der Waals surface area (Å²) in [5.74, 6) is 1.72. The Labute approximate surface area is 128 Å². The second kappa shape index (κ2) is 5.71. The molecule has 0 amide bonds. The fraction of sp³-hybridized carbons (Fsp3) is 0.500. The van der Waals surface area contributed by atoms with Crippen molar-refractivity contribution < 1.29 is 4.74 Å². The molecule has 112 valence electrons. The molecule has 2 aliphatic rings. The van der Waals surface area contributed by atoms with Gasteiger partial charge in [-0.3, -0.25) is 0 Å². The number of benzene rings is 1. The first-order valence-electron chi connectivity index (χ1n) is 8.19. The summed E-state index contributed by atoms with van der Waals surface area (Å²) < 4.78 is 5.99.